The van der Waals surface area contributed by atoms with Crippen LogP contribution in [0.1, 0.15) is 0 Å². The summed E-state index contributed by atoms with van der Waals surface area (Å²) in [7, 11) is 0. The van der Waals surface area contributed by atoms with Crippen LogP contribution in [0.15, 0.2) is 206 Å². The second-order valence-corrected chi connectivity index (χ2v) is 15.2. The molecule has 0 radical (unpaired) electrons. The van der Waals surface area contributed by atoms with Crippen molar-refractivity contribution in [1.29, 1.82) is 0 Å². The maximum absolute atomic E-state index is 2.45. The SMILES string of the molecule is c1ccc(-c2ccccc2N(c2ccc(-c3ccc4c(c3)sc3cc5ccccc5cc34)cc2)c2cccc3c2c2ccccc2n3-c2ccccc2)cc1. The molecule has 0 aliphatic rings. The third-order valence-electron chi connectivity index (χ3n) is 11.0. The van der Waals surface area contributed by atoms with Gasteiger partial charge in [-0.25, -0.2) is 0 Å². The summed E-state index contributed by atoms with van der Waals surface area (Å²) in [5.41, 5.74) is 11.7. The van der Waals surface area contributed by atoms with E-state index in [9.17, 15) is 0 Å². The first-order valence-corrected chi connectivity index (χ1v) is 19.6. The predicted molar refractivity (Wildman–Crippen MR) is 237 cm³/mol. The van der Waals surface area contributed by atoms with Gasteiger partial charge in [0, 0.05) is 47.9 Å². The van der Waals surface area contributed by atoms with Crippen LogP contribution in [0.5, 0.6) is 0 Å². The Balaban J connectivity index is 1.10. The van der Waals surface area contributed by atoms with Gasteiger partial charge in [0.2, 0.25) is 0 Å². The molecule has 2 aromatic heterocycles. The van der Waals surface area contributed by atoms with Gasteiger partial charge in [0.25, 0.3) is 0 Å². The van der Waals surface area contributed by atoms with Gasteiger partial charge >= 0.3 is 0 Å². The van der Waals surface area contributed by atoms with Crippen molar-refractivity contribution in [3.8, 4) is 27.9 Å². The molecule has 2 nitrogen and oxygen atoms in total. The van der Waals surface area contributed by atoms with Gasteiger partial charge in [0.15, 0.2) is 0 Å². The summed E-state index contributed by atoms with van der Waals surface area (Å²) in [6.07, 6.45) is 0. The third-order valence-corrected chi connectivity index (χ3v) is 12.1. The van der Waals surface area contributed by atoms with E-state index >= 15 is 0 Å². The average Bonchev–Trinajstić information content (AvgIpc) is 3.79. The van der Waals surface area contributed by atoms with Crippen LogP contribution in [-0.4, -0.2) is 4.57 Å². The molecule has 0 N–H and O–H groups in total. The molecule has 0 bridgehead atoms. The van der Waals surface area contributed by atoms with Crippen molar-refractivity contribution < 1.29 is 0 Å². The maximum Gasteiger partial charge on any atom is 0.0562 e. The number of thiophene rings is 1. The van der Waals surface area contributed by atoms with Crippen LogP contribution < -0.4 is 4.90 Å². The van der Waals surface area contributed by atoms with E-state index in [1.165, 1.54) is 75.0 Å². The highest BCUT2D eigenvalue weighted by Crippen LogP contribution is 2.47. The minimum Gasteiger partial charge on any atom is -0.309 e. The van der Waals surface area contributed by atoms with Crippen molar-refractivity contribution in [3.63, 3.8) is 0 Å². The van der Waals surface area contributed by atoms with Crippen molar-refractivity contribution >= 4 is 81.1 Å². The van der Waals surface area contributed by atoms with Crippen LogP contribution in [0.25, 0.3) is 80.7 Å². The second kappa shape index (κ2) is 12.9. The number of para-hydroxylation sites is 3. The molecular weight excluding hydrogens is 685 g/mol. The van der Waals surface area contributed by atoms with E-state index in [-0.39, 0.29) is 0 Å². The minimum absolute atomic E-state index is 1.10. The van der Waals surface area contributed by atoms with Gasteiger partial charge in [0.05, 0.1) is 22.4 Å². The molecule has 9 aromatic carbocycles. The summed E-state index contributed by atoms with van der Waals surface area (Å²) in [5.74, 6) is 0. The van der Waals surface area contributed by atoms with Crippen molar-refractivity contribution in [3.05, 3.63) is 206 Å². The Morgan fingerprint density at radius 2 is 1.02 bits per heavy atom. The number of rotatable bonds is 6. The van der Waals surface area contributed by atoms with Crippen molar-refractivity contribution in [2.24, 2.45) is 0 Å². The highest BCUT2D eigenvalue weighted by Gasteiger charge is 2.23. The van der Waals surface area contributed by atoms with Gasteiger partial charge in [-0.15, -0.1) is 11.3 Å². The summed E-state index contributed by atoms with van der Waals surface area (Å²) in [6, 6.07) is 75.1. The standard InChI is InChI=1S/C52H34N2S/c1-3-14-36(15-4-1)42-20-9-11-22-46(42)54(49-25-13-24-48-52(49)44-21-10-12-23-47(44)53(48)40-18-5-2-6-19-40)41-29-26-35(27-30-41)39-28-31-43-45-32-37-16-7-8-17-38(37)33-51(45)55-50(43)34-39/h1-34H. The lowest BCUT2D eigenvalue weighted by Crippen LogP contribution is -2.11. The molecular formula is C52H34N2S. The zero-order valence-electron chi connectivity index (χ0n) is 29.9. The summed E-state index contributed by atoms with van der Waals surface area (Å²) in [5, 5.41) is 7.66. The first-order valence-electron chi connectivity index (χ1n) is 18.8. The van der Waals surface area contributed by atoms with Gasteiger partial charge in [0.1, 0.15) is 0 Å². The van der Waals surface area contributed by atoms with E-state index in [0.717, 1.165) is 22.7 Å². The molecule has 11 aromatic rings. The van der Waals surface area contributed by atoms with Gasteiger partial charge in [-0.05, 0) is 94.2 Å². The van der Waals surface area contributed by atoms with Gasteiger partial charge < -0.3 is 9.47 Å². The Labute approximate surface area is 323 Å². The molecule has 55 heavy (non-hydrogen) atoms. The van der Waals surface area contributed by atoms with Gasteiger partial charge in [-0.1, -0.05) is 140 Å². The second-order valence-electron chi connectivity index (χ2n) is 14.1. The van der Waals surface area contributed by atoms with Crippen molar-refractivity contribution in [1.82, 2.24) is 4.57 Å². The number of fused-ring (bicyclic) bond motifs is 7. The van der Waals surface area contributed by atoms with Gasteiger partial charge in [-0.3, -0.25) is 0 Å². The zero-order valence-corrected chi connectivity index (χ0v) is 30.7. The van der Waals surface area contributed by atoms with Crippen LogP contribution in [0.3, 0.4) is 0 Å². The molecule has 258 valence electrons. The summed E-state index contributed by atoms with van der Waals surface area (Å²) in [4.78, 5) is 2.45. The Kier molecular flexibility index (Phi) is 7.39. The molecule has 11 rings (SSSR count). The molecule has 3 heteroatoms. The first-order chi connectivity index (χ1) is 27.3. The van der Waals surface area contributed by atoms with E-state index in [4.69, 9.17) is 0 Å². The molecule has 2 heterocycles. The molecule has 0 saturated heterocycles. The molecule has 0 atom stereocenters. The quantitative estimate of drug-likeness (QED) is 0.166. The van der Waals surface area contributed by atoms with Crippen LogP contribution in [0, 0.1) is 0 Å². The van der Waals surface area contributed by atoms with E-state index in [1.54, 1.807) is 0 Å². The maximum atomic E-state index is 2.45. The molecule has 0 amide bonds. The third kappa shape index (κ3) is 5.24. The number of hydrogen-bond donors (Lipinski definition) is 0. The van der Waals surface area contributed by atoms with Crippen LogP contribution in [-0.2, 0) is 0 Å². The Morgan fingerprint density at radius 1 is 0.382 bits per heavy atom. The Hall–Kier alpha value is -6.94. The zero-order chi connectivity index (χ0) is 36.3. The van der Waals surface area contributed by atoms with E-state index in [2.05, 4.69) is 216 Å². The summed E-state index contributed by atoms with van der Waals surface area (Å²) >= 11 is 1.88. The van der Waals surface area contributed by atoms with E-state index < -0.39 is 0 Å². The lowest BCUT2D eigenvalue weighted by atomic mass is 9.99. The Morgan fingerprint density at radius 3 is 1.85 bits per heavy atom. The summed E-state index contributed by atoms with van der Waals surface area (Å²) < 4.78 is 5.04. The smallest absolute Gasteiger partial charge is 0.0562 e. The lowest BCUT2D eigenvalue weighted by molar-refractivity contribution is 1.18. The number of nitrogens with zero attached hydrogens (tertiary/aromatic N) is 2. The first kappa shape index (κ1) is 31.6. The normalized spacial score (nSPS) is 11.6. The van der Waals surface area contributed by atoms with E-state index in [1.807, 2.05) is 11.3 Å². The molecule has 0 spiro atoms. The highest BCUT2D eigenvalue weighted by molar-refractivity contribution is 7.25. The van der Waals surface area contributed by atoms with Crippen LogP contribution in [0.2, 0.25) is 0 Å². The predicted octanol–water partition coefficient (Wildman–Crippen LogP) is 15.1. The molecule has 0 unspecified atom stereocenters. The number of hydrogen-bond acceptors (Lipinski definition) is 2. The largest absolute Gasteiger partial charge is 0.309 e. The fourth-order valence-corrected chi connectivity index (χ4v) is 9.60. The topological polar surface area (TPSA) is 8.17 Å². The van der Waals surface area contributed by atoms with Crippen LogP contribution in [0.4, 0.5) is 17.1 Å². The summed E-state index contributed by atoms with van der Waals surface area (Å²) in [6.45, 7) is 0. The van der Waals surface area contributed by atoms with E-state index in [0.29, 0.717) is 0 Å². The van der Waals surface area contributed by atoms with Crippen LogP contribution >= 0.6 is 11.3 Å². The fraction of sp³-hybridized carbons (Fsp3) is 0. The highest BCUT2D eigenvalue weighted by atomic mass is 32.1. The minimum atomic E-state index is 1.10. The molecule has 0 aliphatic carbocycles. The number of benzene rings is 9. The Bertz CT molecular complexity index is 3190. The molecule has 0 aliphatic heterocycles. The molecule has 0 fully saturated rings. The monoisotopic (exact) mass is 718 g/mol. The molecule has 0 saturated carbocycles. The average molecular weight is 719 g/mol. The lowest BCUT2D eigenvalue weighted by Gasteiger charge is -2.29. The fourth-order valence-electron chi connectivity index (χ4n) is 8.42. The number of aromatic nitrogens is 1. The number of anilines is 3. The van der Waals surface area contributed by atoms with Crippen molar-refractivity contribution in [2.75, 3.05) is 4.90 Å². The van der Waals surface area contributed by atoms with Gasteiger partial charge in [-0.2, -0.15) is 0 Å². The van der Waals surface area contributed by atoms with Crippen molar-refractivity contribution in [2.45, 2.75) is 0 Å².